The Balaban J connectivity index is 1.24. The van der Waals surface area contributed by atoms with Gasteiger partial charge in [-0.3, -0.25) is 14.9 Å². The van der Waals surface area contributed by atoms with Crippen molar-refractivity contribution < 1.29 is 19.1 Å². The van der Waals surface area contributed by atoms with Crippen LogP contribution in [0.25, 0.3) is 5.57 Å². The zero-order chi connectivity index (χ0) is 31.7. The SMILES string of the molecule is CC(=O)C12CNCC(N1)C(C(=O)N(Cc1cccc(Cl)c1)C1CC1)=C(c1ccc(OCCOc3cc(Cl)c(Cl)cc3Cl)cc1)C2. The van der Waals surface area contributed by atoms with E-state index in [9.17, 15) is 9.59 Å². The van der Waals surface area contributed by atoms with E-state index < -0.39 is 5.54 Å². The molecule has 1 saturated carbocycles. The summed E-state index contributed by atoms with van der Waals surface area (Å²) < 4.78 is 11.6. The van der Waals surface area contributed by atoms with Crippen molar-refractivity contribution in [1.29, 1.82) is 0 Å². The summed E-state index contributed by atoms with van der Waals surface area (Å²) in [5.74, 6) is 1.11. The predicted octanol–water partition coefficient (Wildman–Crippen LogP) is 7.00. The lowest BCUT2D eigenvalue weighted by atomic mass is 9.74. The van der Waals surface area contributed by atoms with Crippen LogP contribution in [-0.4, -0.2) is 60.5 Å². The molecule has 2 unspecified atom stereocenters. The minimum atomic E-state index is -0.780. The van der Waals surface area contributed by atoms with E-state index >= 15 is 0 Å². The number of rotatable bonds is 11. The molecular weight excluding hydrogens is 656 g/mol. The van der Waals surface area contributed by atoms with Crippen molar-refractivity contribution in [3.63, 3.8) is 0 Å². The van der Waals surface area contributed by atoms with Crippen LogP contribution in [0.3, 0.4) is 0 Å². The van der Waals surface area contributed by atoms with Gasteiger partial charge in [0.15, 0.2) is 5.78 Å². The molecule has 7 nitrogen and oxygen atoms in total. The number of amides is 1. The normalized spacial score (nSPS) is 21.0. The van der Waals surface area contributed by atoms with Gasteiger partial charge in [0.1, 0.15) is 24.7 Å². The van der Waals surface area contributed by atoms with Gasteiger partial charge in [-0.2, -0.15) is 0 Å². The molecule has 1 aliphatic carbocycles. The lowest BCUT2D eigenvalue weighted by molar-refractivity contribution is -0.130. The number of benzene rings is 3. The summed E-state index contributed by atoms with van der Waals surface area (Å²) in [6, 6.07) is 18.3. The molecule has 6 rings (SSSR count). The average Bonchev–Trinajstić information content (AvgIpc) is 3.86. The van der Waals surface area contributed by atoms with Gasteiger partial charge in [0.25, 0.3) is 5.91 Å². The highest BCUT2D eigenvalue weighted by atomic mass is 35.5. The Morgan fingerprint density at radius 2 is 1.67 bits per heavy atom. The van der Waals surface area contributed by atoms with E-state index in [1.54, 1.807) is 13.0 Å². The number of halogens is 4. The zero-order valence-electron chi connectivity index (χ0n) is 24.7. The van der Waals surface area contributed by atoms with Crippen LogP contribution in [0.4, 0.5) is 0 Å². The standard InChI is InChI=1S/C34H33Cl4N3O4/c1-20(42)34-16-26(22-5-9-25(10-6-22)44-11-12-45-31-15-28(37)27(36)14-29(31)38)32(30(40-34)17-39-19-34)33(43)41(24-7-8-24)18-21-3-2-4-23(35)13-21/h2-6,9-10,13-15,24,30,39-40H,7-8,11-12,16-19H2,1H3. The number of carbonyl (C=O) groups is 2. The molecule has 2 atom stereocenters. The lowest BCUT2D eigenvalue weighted by Crippen LogP contribution is -2.70. The van der Waals surface area contributed by atoms with Crippen molar-refractivity contribution >= 4 is 63.7 Å². The molecule has 0 aromatic heterocycles. The van der Waals surface area contributed by atoms with Gasteiger partial charge >= 0.3 is 0 Å². The van der Waals surface area contributed by atoms with Crippen LogP contribution in [0, 0.1) is 0 Å². The molecule has 0 spiro atoms. The molecule has 2 fully saturated rings. The fourth-order valence-corrected chi connectivity index (χ4v) is 6.87. The Bertz CT molecular complexity index is 1640. The number of ether oxygens (including phenoxy) is 2. The third-order valence-electron chi connectivity index (χ3n) is 8.56. The van der Waals surface area contributed by atoms with Crippen molar-refractivity contribution in [2.75, 3.05) is 26.3 Å². The summed E-state index contributed by atoms with van der Waals surface area (Å²) in [5.41, 5.74) is 2.69. The van der Waals surface area contributed by atoms with E-state index in [0.29, 0.717) is 63.2 Å². The van der Waals surface area contributed by atoms with E-state index in [-0.39, 0.29) is 37.0 Å². The molecule has 3 aromatic carbocycles. The second-order valence-corrected chi connectivity index (χ2v) is 13.4. The largest absolute Gasteiger partial charge is 0.490 e. The summed E-state index contributed by atoms with van der Waals surface area (Å²) in [6.45, 7) is 3.66. The predicted molar refractivity (Wildman–Crippen MR) is 179 cm³/mol. The molecule has 1 amide bonds. The molecule has 236 valence electrons. The fraction of sp³-hybridized carbons (Fsp3) is 0.353. The highest BCUT2D eigenvalue weighted by molar-refractivity contribution is 6.43. The number of nitrogens with one attached hydrogen (secondary N) is 2. The van der Waals surface area contributed by atoms with Gasteiger partial charge < -0.3 is 19.7 Å². The number of piperazine rings is 1. The van der Waals surface area contributed by atoms with E-state index in [4.69, 9.17) is 55.9 Å². The summed E-state index contributed by atoms with van der Waals surface area (Å²) >= 11 is 24.5. The topological polar surface area (TPSA) is 79.9 Å². The Labute approximate surface area is 282 Å². The van der Waals surface area contributed by atoms with Gasteiger partial charge in [-0.1, -0.05) is 70.7 Å². The molecule has 3 aromatic rings. The van der Waals surface area contributed by atoms with Crippen molar-refractivity contribution in [2.45, 2.75) is 50.4 Å². The van der Waals surface area contributed by atoms with Crippen molar-refractivity contribution in [1.82, 2.24) is 15.5 Å². The Morgan fingerprint density at radius 1 is 0.933 bits per heavy atom. The summed E-state index contributed by atoms with van der Waals surface area (Å²) in [5, 5.41) is 8.68. The van der Waals surface area contributed by atoms with Gasteiger partial charge in [0, 0.05) is 48.8 Å². The first-order chi connectivity index (χ1) is 21.6. The van der Waals surface area contributed by atoms with Gasteiger partial charge in [-0.25, -0.2) is 0 Å². The van der Waals surface area contributed by atoms with Crippen LogP contribution in [-0.2, 0) is 16.1 Å². The maximum Gasteiger partial charge on any atom is 0.252 e. The average molecular weight is 689 g/mol. The maximum atomic E-state index is 14.5. The number of Topliss-reactive ketones (excluding diaryl/α,β-unsaturated/α-hetero) is 1. The lowest BCUT2D eigenvalue weighted by Gasteiger charge is -2.47. The molecular formula is C34H33Cl4N3O4. The van der Waals surface area contributed by atoms with Gasteiger partial charge in [0.05, 0.1) is 26.6 Å². The van der Waals surface area contributed by atoms with Crippen LogP contribution in [0.15, 0.2) is 66.2 Å². The second-order valence-electron chi connectivity index (χ2n) is 11.7. The van der Waals surface area contributed by atoms with Crippen LogP contribution in [0.2, 0.25) is 20.1 Å². The van der Waals surface area contributed by atoms with Crippen molar-refractivity contribution in [3.05, 3.63) is 97.5 Å². The van der Waals surface area contributed by atoms with E-state index in [1.807, 2.05) is 53.4 Å². The monoisotopic (exact) mass is 687 g/mol. The number of carbonyl (C=O) groups excluding carboxylic acids is 2. The quantitative estimate of drug-likeness (QED) is 0.167. The smallest absolute Gasteiger partial charge is 0.252 e. The van der Waals surface area contributed by atoms with Crippen LogP contribution >= 0.6 is 46.4 Å². The summed E-state index contributed by atoms with van der Waals surface area (Å²) in [4.78, 5) is 29.4. The molecule has 2 bridgehead atoms. The first-order valence-corrected chi connectivity index (χ1v) is 16.4. The number of hydrogen-bond acceptors (Lipinski definition) is 6. The molecule has 3 aliphatic rings. The number of hydrogen-bond donors (Lipinski definition) is 2. The fourth-order valence-electron chi connectivity index (χ4n) is 6.06. The van der Waals surface area contributed by atoms with Crippen LogP contribution < -0.4 is 20.1 Å². The molecule has 2 N–H and O–H groups in total. The second kappa shape index (κ2) is 13.5. The first-order valence-electron chi connectivity index (χ1n) is 14.9. The molecule has 2 aliphatic heterocycles. The van der Waals surface area contributed by atoms with Crippen molar-refractivity contribution in [2.24, 2.45) is 0 Å². The highest BCUT2D eigenvalue weighted by Crippen LogP contribution is 2.40. The highest BCUT2D eigenvalue weighted by Gasteiger charge is 2.49. The first kappa shape index (κ1) is 32.2. The van der Waals surface area contributed by atoms with Crippen LogP contribution in [0.5, 0.6) is 11.5 Å². The number of fused-ring (bicyclic) bond motifs is 2. The van der Waals surface area contributed by atoms with Crippen molar-refractivity contribution in [3.8, 4) is 11.5 Å². The molecule has 0 radical (unpaired) electrons. The maximum absolute atomic E-state index is 14.5. The zero-order valence-corrected chi connectivity index (χ0v) is 27.7. The molecule has 45 heavy (non-hydrogen) atoms. The van der Waals surface area contributed by atoms with E-state index in [2.05, 4.69) is 10.6 Å². The number of nitrogens with zero attached hydrogens (tertiary/aromatic N) is 1. The van der Waals surface area contributed by atoms with Gasteiger partial charge in [0.2, 0.25) is 0 Å². The van der Waals surface area contributed by atoms with E-state index in [1.165, 1.54) is 6.07 Å². The third-order valence-corrected chi connectivity index (χ3v) is 9.81. The molecule has 2 heterocycles. The summed E-state index contributed by atoms with van der Waals surface area (Å²) in [7, 11) is 0. The summed E-state index contributed by atoms with van der Waals surface area (Å²) in [6.07, 6.45) is 2.34. The van der Waals surface area contributed by atoms with Gasteiger partial charge in [-0.15, -0.1) is 0 Å². The Kier molecular flexibility index (Phi) is 9.67. The third kappa shape index (κ3) is 7.14. The minimum Gasteiger partial charge on any atom is -0.490 e. The Hall–Kier alpha value is -2.78. The molecule has 1 saturated heterocycles. The van der Waals surface area contributed by atoms with E-state index in [0.717, 1.165) is 29.5 Å². The Morgan fingerprint density at radius 3 is 2.38 bits per heavy atom. The minimum absolute atomic E-state index is 0.00994. The van der Waals surface area contributed by atoms with Crippen LogP contribution in [0.1, 0.15) is 37.3 Å². The van der Waals surface area contributed by atoms with Gasteiger partial charge in [-0.05, 0) is 66.8 Å². The number of ketones is 1. The molecule has 11 heteroatoms.